The van der Waals surface area contributed by atoms with Gasteiger partial charge in [0.2, 0.25) is 0 Å². The van der Waals surface area contributed by atoms with Crippen LogP contribution in [0.3, 0.4) is 0 Å². The number of rotatable bonds is 4. The fourth-order valence-electron chi connectivity index (χ4n) is 2.68. The van der Waals surface area contributed by atoms with Crippen molar-refractivity contribution >= 4 is 17.6 Å². The topological polar surface area (TPSA) is 72.9 Å². The van der Waals surface area contributed by atoms with Crippen LogP contribution in [0.4, 0.5) is 4.39 Å². The molecule has 0 fully saturated rings. The summed E-state index contributed by atoms with van der Waals surface area (Å²) in [7, 11) is 1.31. The van der Waals surface area contributed by atoms with Gasteiger partial charge in [-0.25, -0.2) is 4.39 Å². The van der Waals surface area contributed by atoms with Crippen molar-refractivity contribution in [3.63, 3.8) is 0 Å². The number of methoxy groups -OCH3 is 1. The molecule has 0 saturated carbocycles. The normalized spacial score (nSPS) is 16.6. The summed E-state index contributed by atoms with van der Waals surface area (Å²) in [6.45, 7) is 0.994. The zero-order valence-corrected chi connectivity index (χ0v) is 14.2. The van der Waals surface area contributed by atoms with E-state index in [2.05, 4.69) is 0 Å². The first-order chi connectivity index (χ1) is 12.4. The van der Waals surface area contributed by atoms with Crippen LogP contribution in [0.25, 0.3) is 0 Å². The van der Waals surface area contributed by atoms with Gasteiger partial charge < -0.3 is 9.47 Å². The molecule has 0 saturated heterocycles. The number of imide groups is 1. The number of hydrogen-bond acceptors (Lipinski definition) is 5. The average Bonchev–Trinajstić information content (AvgIpc) is 2.72. The second-order valence-corrected chi connectivity index (χ2v) is 5.76. The number of fused-ring (bicyclic) bond motifs is 1. The van der Waals surface area contributed by atoms with E-state index in [9.17, 15) is 18.8 Å². The number of nitrogens with zero attached hydrogens (tertiary/aromatic N) is 1. The van der Waals surface area contributed by atoms with Gasteiger partial charge >= 0.3 is 0 Å². The molecule has 0 bridgehead atoms. The van der Waals surface area contributed by atoms with Crippen molar-refractivity contribution in [2.24, 2.45) is 0 Å². The molecule has 0 aliphatic carbocycles. The van der Waals surface area contributed by atoms with Gasteiger partial charge in [-0.2, -0.15) is 0 Å². The van der Waals surface area contributed by atoms with E-state index in [4.69, 9.17) is 9.47 Å². The Morgan fingerprint density at radius 1 is 1.23 bits per heavy atom. The number of hydrogen-bond donors (Lipinski definition) is 0. The van der Waals surface area contributed by atoms with Crippen molar-refractivity contribution in [3.8, 4) is 11.5 Å². The molecule has 7 heteroatoms. The van der Waals surface area contributed by atoms with Crippen molar-refractivity contribution in [2.75, 3.05) is 13.7 Å². The predicted molar refractivity (Wildman–Crippen MR) is 89.9 cm³/mol. The third kappa shape index (κ3) is 3.15. The van der Waals surface area contributed by atoms with Crippen molar-refractivity contribution < 1.29 is 28.2 Å². The molecule has 6 nitrogen and oxygen atoms in total. The second-order valence-electron chi connectivity index (χ2n) is 5.76. The first-order valence-corrected chi connectivity index (χ1v) is 7.90. The highest BCUT2D eigenvalue weighted by atomic mass is 19.1. The monoisotopic (exact) mass is 357 g/mol. The molecular weight excluding hydrogens is 341 g/mol. The van der Waals surface area contributed by atoms with E-state index in [-0.39, 0.29) is 22.6 Å². The largest absolute Gasteiger partial charge is 0.494 e. The van der Waals surface area contributed by atoms with E-state index >= 15 is 0 Å². The highest BCUT2D eigenvalue weighted by Gasteiger charge is 2.35. The Morgan fingerprint density at radius 3 is 2.65 bits per heavy atom. The average molecular weight is 357 g/mol. The van der Waals surface area contributed by atoms with Crippen LogP contribution in [-0.4, -0.2) is 42.3 Å². The predicted octanol–water partition coefficient (Wildman–Crippen LogP) is 2.47. The quantitative estimate of drug-likeness (QED) is 0.621. The van der Waals surface area contributed by atoms with Gasteiger partial charge in [-0.15, -0.1) is 0 Å². The number of ether oxygens (including phenoxy) is 2. The first-order valence-electron chi connectivity index (χ1n) is 7.90. The van der Waals surface area contributed by atoms with Crippen LogP contribution < -0.4 is 9.47 Å². The maximum atomic E-state index is 13.8. The van der Waals surface area contributed by atoms with Crippen LogP contribution in [0.2, 0.25) is 0 Å². The van der Waals surface area contributed by atoms with Gasteiger partial charge in [0.1, 0.15) is 5.75 Å². The lowest BCUT2D eigenvalue weighted by atomic mass is 10.1. The van der Waals surface area contributed by atoms with E-state index in [1.54, 1.807) is 18.2 Å². The van der Waals surface area contributed by atoms with Crippen LogP contribution in [0.15, 0.2) is 42.5 Å². The van der Waals surface area contributed by atoms with Gasteiger partial charge in [0.15, 0.2) is 23.5 Å². The number of amides is 2. The first kappa shape index (κ1) is 17.6. The number of carbonyl (C=O) groups excluding carboxylic acids is 3. The molecule has 1 aliphatic heterocycles. The number of benzene rings is 2. The number of para-hydroxylation sites is 1. The number of halogens is 1. The molecule has 2 aromatic rings. The Bertz CT molecular complexity index is 895. The number of Topliss-reactive ketones (excluding diaryl/α,β-unsaturated/α-hetero) is 1. The minimum atomic E-state index is -0.928. The summed E-state index contributed by atoms with van der Waals surface area (Å²) in [4.78, 5) is 38.5. The van der Waals surface area contributed by atoms with Crippen molar-refractivity contribution in [1.82, 2.24) is 4.90 Å². The van der Waals surface area contributed by atoms with E-state index in [1.165, 1.54) is 32.2 Å². The summed E-state index contributed by atoms with van der Waals surface area (Å²) in [5, 5.41) is 0. The van der Waals surface area contributed by atoms with Gasteiger partial charge in [-0.1, -0.05) is 12.1 Å². The van der Waals surface area contributed by atoms with Gasteiger partial charge in [-0.3, -0.25) is 19.3 Å². The van der Waals surface area contributed by atoms with Gasteiger partial charge in [0.05, 0.1) is 19.2 Å². The van der Waals surface area contributed by atoms with Crippen molar-refractivity contribution in [2.45, 2.75) is 13.0 Å². The summed E-state index contributed by atoms with van der Waals surface area (Å²) < 4.78 is 24.1. The zero-order valence-electron chi connectivity index (χ0n) is 14.2. The molecule has 0 aromatic heterocycles. The maximum Gasteiger partial charge on any atom is 0.270 e. The van der Waals surface area contributed by atoms with Crippen LogP contribution in [0.5, 0.6) is 11.5 Å². The van der Waals surface area contributed by atoms with Crippen LogP contribution in [0, 0.1) is 5.82 Å². The third-order valence-electron chi connectivity index (χ3n) is 4.06. The molecule has 2 amide bonds. The van der Waals surface area contributed by atoms with E-state index in [0.717, 1.165) is 11.0 Å². The molecule has 2 aromatic carbocycles. The molecule has 134 valence electrons. The van der Waals surface area contributed by atoms with E-state index in [1.807, 2.05) is 0 Å². The molecule has 0 unspecified atom stereocenters. The summed E-state index contributed by atoms with van der Waals surface area (Å²) in [5.41, 5.74) is 0.230. The molecule has 0 N–H and O–H groups in total. The van der Waals surface area contributed by atoms with E-state index in [0.29, 0.717) is 0 Å². The molecule has 1 aliphatic rings. The molecule has 26 heavy (non-hydrogen) atoms. The fourth-order valence-corrected chi connectivity index (χ4v) is 2.68. The maximum absolute atomic E-state index is 13.8. The standard InChI is InChI=1S/C19H16FNO5/c1-11-18(23)21(19(24)13-5-3-4-6-16(13)26-11)10-15(22)12-7-8-17(25-2)14(20)9-12/h3-9,11H,10H2,1-2H3/t11-/m1/s1. The Hall–Kier alpha value is -3.22. The van der Waals surface area contributed by atoms with Crippen molar-refractivity contribution in [1.29, 1.82) is 0 Å². The Morgan fingerprint density at radius 2 is 1.96 bits per heavy atom. The van der Waals surface area contributed by atoms with Crippen LogP contribution in [0.1, 0.15) is 27.6 Å². The van der Waals surface area contributed by atoms with Crippen LogP contribution in [-0.2, 0) is 4.79 Å². The number of ketones is 1. The van der Waals surface area contributed by atoms with Crippen molar-refractivity contribution in [3.05, 3.63) is 59.4 Å². The molecule has 1 atom stereocenters. The van der Waals surface area contributed by atoms with Crippen LogP contribution >= 0.6 is 0 Å². The SMILES string of the molecule is COc1ccc(C(=O)CN2C(=O)c3ccccc3O[C@H](C)C2=O)cc1F. The minimum absolute atomic E-state index is 0.000533. The Kier molecular flexibility index (Phi) is 4.71. The highest BCUT2D eigenvalue weighted by Crippen LogP contribution is 2.26. The summed E-state index contributed by atoms with van der Waals surface area (Å²) >= 11 is 0. The summed E-state index contributed by atoms with van der Waals surface area (Å²) in [5.74, 6) is -2.25. The molecular formula is C19H16FNO5. The Labute approximate surface area is 149 Å². The lowest BCUT2D eigenvalue weighted by molar-refractivity contribution is -0.134. The zero-order chi connectivity index (χ0) is 18.8. The Balaban J connectivity index is 1.90. The molecule has 3 rings (SSSR count). The van der Waals surface area contributed by atoms with Gasteiger partial charge in [0, 0.05) is 5.56 Å². The molecule has 0 radical (unpaired) electrons. The lowest BCUT2D eigenvalue weighted by Crippen LogP contribution is -2.44. The lowest BCUT2D eigenvalue weighted by Gasteiger charge is -2.19. The highest BCUT2D eigenvalue weighted by molar-refractivity contribution is 6.12. The van der Waals surface area contributed by atoms with Gasteiger partial charge in [-0.05, 0) is 37.3 Å². The van der Waals surface area contributed by atoms with Gasteiger partial charge in [0.25, 0.3) is 11.8 Å². The fraction of sp³-hybridized carbons (Fsp3) is 0.211. The number of carbonyl (C=O) groups is 3. The van der Waals surface area contributed by atoms with E-state index < -0.39 is 36.1 Å². The molecule has 1 heterocycles. The summed E-state index contributed by atoms with van der Waals surface area (Å²) in [6.07, 6.45) is -0.928. The smallest absolute Gasteiger partial charge is 0.270 e. The minimum Gasteiger partial charge on any atom is -0.494 e. The third-order valence-corrected chi connectivity index (χ3v) is 4.06. The second kappa shape index (κ2) is 6.95. The summed E-state index contributed by atoms with van der Waals surface area (Å²) in [6, 6.07) is 10.1. The molecule has 0 spiro atoms.